The van der Waals surface area contributed by atoms with Crippen LogP contribution in [-0.4, -0.2) is 274 Å². The maximum Gasteiger partial charge on any atom is 0.404 e. The van der Waals surface area contributed by atoms with Crippen molar-refractivity contribution < 1.29 is 103 Å². The summed E-state index contributed by atoms with van der Waals surface area (Å²) in [5.41, 5.74) is 28.0. The quantitative estimate of drug-likeness (QED) is 0.0190. The van der Waals surface area contributed by atoms with E-state index in [-0.39, 0.29) is 54.0 Å². The molecule has 532 valence electrons. The monoisotopic (exact) mass is 1400 g/mol. The molecule has 19 unspecified atom stereocenters. The van der Waals surface area contributed by atoms with Crippen molar-refractivity contribution in [2.45, 2.75) is 157 Å². The number of imidazole rings is 1. The van der Waals surface area contributed by atoms with Crippen molar-refractivity contribution in [1.29, 1.82) is 0 Å². The Morgan fingerprint density at radius 2 is 1.47 bits per heavy atom. The van der Waals surface area contributed by atoms with Crippen LogP contribution in [-0.2, 0) is 54.1 Å². The molecule has 96 heavy (non-hydrogen) atoms. The van der Waals surface area contributed by atoms with E-state index in [9.17, 15) is 74.4 Å². The smallest absolute Gasteiger partial charge is 0.404 e. The number of aliphatic hydroxyl groups is 8. The average Bonchev–Trinajstić information content (AvgIpc) is 0.885. The van der Waals surface area contributed by atoms with Gasteiger partial charge < -0.3 is 135 Å². The van der Waals surface area contributed by atoms with Crippen LogP contribution in [0.4, 0.5) is 10.6 Å². The third kappa shape index (κ3) is 20.4. The molecular formula is C55H84N18O21S2. The lowest BCUT2D eigenvalue weighted by Gasteiger charge is -2.47. The van der Waals surface area contributed by atoms with Crippen molar-refractivity contribution in [1.82, 2.24) is 66.7 Å². The molecule has 25 N–H and O–H groups in total. The average molecular weight is 1400 g/mol. The van der Waals surface area contributed by atoms with Crippen molar-refractivity contribution >= 4 is 75.9 Å². The van der Waals surface area contributed by atoms with Crippen LogP contribution >= 0.6 is 22.7 Å². The van der Waals surface area contributed by atoms with Gasteiger partial charge in [0.25, 0.3) is 11.8 Å². The molecule has 8 amide bonds. The van der Waals surface area contributed by atoms with Crippen molar-refractivity contribution in [3.8, 4) is 10.7 Å². The van der Waals surface area contributed by atoms with Gasteiger partial charge in [-0.1, -0.05) is 6.92 Å². The number of ether oxygens (including phenoxy) is 5. The fourth-order valence-corrected chi connectivity index (χ4v) is 11.4. The van der Waals surface area contributed by atoms with Crippen LogP contribution in [0.25, 0.3) is 10.7 Å². The van der Waals surface area contributed by atoms with E-state index in [2.05, 4.69) is 61.8 Å². The Morgan fingerprint density at radius 3 is 2.09 bits per heavy atom. The van der Waals surface area contributed by atoms with Crippen LogP contribution in [0.3, 0.4) is 0 Å². The van der Waals surface area contributed by atoms with Gasteiger partial charge in [0, 0.05) is 48.8 Å². The number of anilines is 1. The highest BCUT2D eigenvalue weighted by Crippen LogP contribution is 2.35. The van der Waals surface area contributed by atoms with Crippen molar-refractivity contribution in [3.63, 3.8) is 0 Å². The molecule has 4 aromatic heterocycles. The summed E-state index contributed by atoms with van der Waals surface area (Å²) in [4.78, 5) is 133. The SMILES string of the molecule is Cc1c(N)nc(C(CC(N)=O)NCC(N)C(N)=O)nc1C(=O)NC(C(=O)NC(C)C(O)C(C)C(=O)NC(C(=O)NCCc1nc(-c2nc(C(=O)NCCCN(C)C)cs2)cs1)C(C)O)C(OC1OC(CO)C(O)C(O)C1OC1OC(CO)C(O)C(OC(N)=O)C1O)c1cnc[nH]1. The Labute approximate surface area is 555 Å². The van der Waals surface area contributed by atoms with E-state index in [1.165, 1.54) is 50.4 Å². The minimum Gasteiger partial charge on any atom is -0.441 e. The van der Waals surface area contributed by atoms with E-state index in [0.717, 1.165) is 25.5 Å². The Kier molecular flexibility index (Phi) is 28.6. The Balaban J connectivity index is 1.26. The molecule has 6 heterocycles. The van der Waals surface area contributed by atoms with Gasteiger partial charge in [-0.2, -0.15) is 0 Å². The van der Waals surface area contributed by atoms with Gasteiger partial charge in [-0.25, -0.2) is 29.7 Å². The number of nitrogen functional groups attached to an aromatic ring is 1. The minimum absolute atomic E-state index is 0.00895. The van der Waals surface area contributed by atoms with Gasteiger partial charge >= 0.3 is 6.09 Å². The molecular weight excluding hydrogens is 1310 g/mol. The number of primary amides is 3. The van der Waals surface area contributed by atoms with Crippen molar-refractivity contribution in [2.75, 3.05) is 59.2 Å². The summed E-state index contributed by atoms with van der Waals surface area (Å²) in [6.07, 6.45) is -24.3. The second kappa shape index (κ2) is 35.5. The number of nitrogens with two attached hydrogens (primary N) is 5. The van der Waals surface area contributed by atoms with E-state index in [0.29, 0.717) is 22.3 Å². The van der Waals surface area contributed by atoms with Crippen molar-refractivity contribution in [3.05, 3.63) is 56.8 Å². The predicted octanol–water partition coefficient (Wildman–Crippen LogP) is -8.02. The third-order valence-electron chi connectivity index (χ3n) is 15.3. The number of carbonyl (C=O) groups excluding carboxylic acids is 8. The number of aromatic nitrogens is 6. The Morgan fingerprint density at radius 1 is 0.781 bits per heavy atom. The standard InChI is InChI=1S/C55H84N18O21S2/c1-20-33(69-46(72-44(20)58)25(12-31(57)77)64-13-24(56)45(59)83)50(87)71-35(41(26-14-61-19-65-26)92-54-43(39(81)37(79)29(15-74)91-54)93-53-40(82)42(94-55(60)89)38(80)30(16-75)90-53)51(88)66-22(3)36(78)21(2)47(84)70-34(23(4)76)49(86)63-10-8-32-67-28(18-95-32)52-68-27(17-96-52)48(85)62-9-7-11-73(5)6/h14,17-19,21-25,29-30,34-43,53-54,64,74-76,78-82H,7-13,15-16,56H2,1-6H3,(H2,57,77)(H2,59,83)(H2,60,89)(H,61,65)(H,62,85)(H,63,86)(H,66,88)(H,70,84)(H,71,87)(H2,58,69,72). The molecule has 0 bridgehead atoms. The number of amides is 8. The zero-order valence-corrected chi connectivity index (χ0v) is 54.5. The second-order valence-corrected chi connectivity index (χ2v) is 24.7. The lowest BCUT2D eigenvalue weighted by atomic mass is 9.96. The molecule has 2 fully saturated rings. The number of aromatic amines is 1. The molecule has 0 radical (unpaired) electrons. The van der Waals surface area contributed by atoms with Crippen LogP contribution in [0.2, 0.25) is 0 Å². The molecule has 0 saturated carbocycles. The van der Waals surface area contributed by atoms with E-state index in [1.807, 2.05) is 19.0 Å². The molecule has 2 aliphatic rings. The van der Waals surface area contributed by atoms with Crippen LogP contribution in [0.5, 0.6) is 0 Å². The summed E-state index contributed by atoms with van der Waals surface area (Å²) < 4.78 is 28.7. The summed E-state index contributed by atoms with van der Waals surface area (Å²) in [5, 5.41) is 108. The molecule has 6 rings (SSSR count). The lowest BCUT2D eigenvalue weighted by molar-refractivity contribution is -0.372. The van der Waals surface area contributed by atoms with Crippen LogP contribution in [0, 0.1) is 12.8 Å². The number of hydrogen-bond acceptors (Lipinski definition) is 32. The first-order valence-corrected chi connectivity index (χ1v) is 31.7. The number of thiazole rings is 2. The molecule has 0 aromatic carbocycles. The summed E-state index contributed by atoms with van der Waals surface area (Å²) >= 11 is 2.51. The molecule has 2 aliphatic heterocycles. The fourth-order valence-electron chi connectivity index (χ4n) is 9.83. The number of carbonyl (C=O) groups is 8. The topological polar surface area (TPSA) is 630 Å². The zero-order valence-electron chi connectivity index (χ0n) is 52.9. The molecule has 19 atom stereocenters. The first-order chi connectivity index (χ1) is 45.3. The van der Waals surface area contributed by atoms with Gasteiger partial charge in [0.1, 0.15) is 94.6 Å². The van der Waals surface area contributed by atoms with Crippen LogP contribution in [0.1, 0.15) is 88.8 Å². The van der Waals surface area contributed by atoms with Gasteiger partial charge in [0.05, 0.1) is 72.7 Å². The summed E-state index contributed by atoms with van der Waals surface area (Å²) in [5.74, 6) is -8.71. The van der Waals surface area contributed by atoms with Crippen LogP contribution in [0.15, 0.2) is 23.3 Å². The number of rotatable bonds is 35. The zero-order chi connectivity index (χ0) is 71.0. The highest BCUT2D eigenvalue weighted by atomic mass is 32.1. The first-order valence-electron chi connectivity index (χ1n) is 29.9. The fraction of sp³-hybridized carbons (Fsp3) is 0.618. The largest absolute Gasteiger partial charge is 0.441 e. The summed E-state index contributed by atoms with van der Waals surface area (Å²) in [6, 6.07) is -7.85. The maximum absolute atomic E-state index is 15.2. The summed E-state index contributed by atoms with van der Waals surface area (Å²) in [6.45, 7) is 3.91. The van der Waals surface area contributed by atoms with E-state index in [4.69, 9.17) is 52.4 Å². The highest BCUT2D eigenvalue weighted by molar-refractivity contribution is 7.14. The number of hydrogen-bond donors (Lipinski definition) is 20. The summed E-state index contributed by atoms with van der Waals surface area (Å²) in [7, 11) is 3.87. The minimum atomic E-state index is -2.20. The molecule has 39 nitrogen and oxygen atoms in total. The predicted molar refractivity (Wildman–Crippen MR) is 333 cm³/mol. The number of H-pyrrole nitrogens is 1. The third-order valence-corrected chi connectivity index (χ3v) is 17.1. The van der Waals surface area contributed by atoms with Gasteiger partial charge in [-0.15, -0.1) is 22.7 Å². The van der Waals surface area contributed by atoms with E-state index >= 15 is 4.79 Å². The van der Waals surface area contributed by atoms with E-state index < -0.39 is 183 Å². The first kappa shape index (κ1) is 77.3. The Bertz CT molecular complexity index is 3280. The number of nitrogens with zero attached hydrogens (tertiary/aromatic N) is 6. The second-order valence-electron chi connectivity index (χ2n) is 22.9. The Hall–Kier alpha value is -7.69. The highest BCUT2D eigenvalue weighted by Gasteiger charge is 2.54. The molecule has 41 heteroatoms. The van der Waals surface area contributed by atoms with Crippen LogP contribution < -0.4 is 60.6 Å². The lowest BCUT2D eigenvalue weighted by Crippen LogP contribution is -2.65. The van der Waals surface area contributed by atoms with Gasteiger partial charge in [0.2, 0.25) is 29.5 Å². The number of nitrogens with one attached hydrogen (secondary N) is 7. The van der Waals surface area contributed by atoms with E-state index in [1.54, 1.807) is 10.8 Å². The molecule has 2 saturated heterocycles. The maximum atomic E-state index is 15.2. The van der Waals surface area contributed by atoms with Crippen molar-refractivity contribution in [2.24, 2.45) is 28.9 Å². The molecule has 4 aromatic rings. The normalized spacial score (nSPS) is 24.0. The number of aliphatic hydroxyl groups excluding tert-OH is 8. The van der Waals surface area contributed by atoms with Gasteiger partial charge in [-0.3, -0.25) is 33.6 Å². The van der Waals surface area contributed by atoms with Gasteiger partial charge in [-0.05, 0) is 47.8 Å². The molecule has 0 aliphatic carbocycles. The van der Waals surface area contributed by atoms with Gasteiger partial charge in [0.15, 0.2) is 18.7 Å². The molecule has 0 spiro atoms.